The third-order valence-corrected chi connectivity index (χ3v) is 4.77. The molecule has 56 valence electrons. The van der Waals surface area contributed by atoms with Gasteiger partial charge in [0.25, 0.3) is 0 Å². The Balaban J connectivity index is 2.85. The normalized spacial score (nSPS) is 11.9. The van der Waals surface area contributed by atoms with Crippen LogP contribution in [0.15, 0.2) is 24.3 Å². The average molecular weight is 190 g/mol. The van der Waals surface area contributed by atoms with Crippen LogP contribution in [-0.2, 0) is 29.0 Å². The van der Waals surface area contributed by atoms with Gasteiger partial charge in [-0.25, -0.2) is 12.1 Å². The maximum atomic E-state index is 5.07. The van der Waals surface area contributed by atoms with Crippen molar-refractivity contribution in [2.45, 2.75) is 0 Å². The molecular formula is C6H7OPS2-2. The van der Waals surface area contributed by atoms with Crippen LogP contribution in [0.2, 0.25) is 0 Å². The monoisotopic (exact) mass is 190 g/mol. The summed E-state index contributed by atoms with van der Waals surface area (Å²) in [6, 6.07) is 7.66. The zero-order valence-electron chi connectivity index (χ0n) is 5.48. The van der Waals surface area contributed by atoms with E-state index in [4.69, 9.17) is 29.0 Å². The fourth-order valence-electron chi connectivity index (χ4n) is 0.652. The van der Waals surface area contributed by atoms with Crippen LogP contribution in [0.4, 0.5) is 0 Å². The predicted molar refractivity (Wildman–Crippen MR) is 50.3 cm³/mol. The molecule has 0 fully saturated rings. The van der Waals surface area contributed by atoms with E-state index in [2.05, 4.69) is 0 Å². The van der Waals surface area contributed by atoms with Crippen LogP contribution in [0.3, 0.4) is 0 Å². The largest absolute Gasteiger partial charge is 0.554 e. The van der Waals surface area contributed by atoms with E-state index in [1.165, 1.54) is 0 Å². The fourth-order valence-corrected chi connectivity index (χ4v) is 2.13. The summed E-state index contributed by atoms with van der Waals surface area (Å²) in [4.78, 5) is 0. The highest BCUT2D eigenvalue weighted by molar-refractivity contribution is 8.74. The van der Waals surface area contributed by atoms with Crippen molar-refractivity contribution in [3.8, 4) is 0 Å². The molecule has 0 unspecified atom stereocenters. The Morgan fingerprint density at radius 1 is 1.30 bits per heavy atom. The molecule has 1 aromatic rings. The third-order valence-electron chi connectivity index (χ3n) is 1.20. The van der Waals surface area contributed by atoms with Gasteiger partial charge in [-0.15, -0.1) is 18.0 Å². The van der Waals surface area contributed by atoms with E-state index in [0.717, 1.165) is 5.30 Å². The molecule has 0 aliphatic heterocycles. The van der Waals surface area contributed by atoms with E-state index < -0.39 is 5.89 Å². The average Bonchev–Trinajstić information content (AvgIpc) is 2.38. The first-order chi connectivity index (χ1) is 4.67. The van der Waals surface area contributed by atoms with Crippen LogP contribution in [0.1, 0.15) is 0 Å². The molecule has 1 rings (SSSR count). The highest BCUT2D eigenvalue weighted by Crippen LogP contribution is 2.53. The number of hydrogen-bond donors (Lipinski definition) is 0. The summed E-state index contributed by atoms with van der Waals surface area (Å²) in [7, 11) is 1.57. The molecule has 0 spiro atoms. The maximum Gasteiger partial charge on any atom is 0.0740 e. The maximum absolute atomic E-state index is 5.07. The minimum Gasteiger partial charge on any atom is -0.554 e. The molecule has 0 aromatic heterocycles. The van der Waals surface area contributed by atoms with E-state index in [1.54, 1.807) is 7.11 Å². The summed E-state index contributed by atoms with van der Waals surface area (Å²) in [6.45, 7) is 0. The molecule has 0 aliphatic rings. The number of hydrogen-bond acceptors (Lipinski definition) is 3. The molecule has 0 atom stereocenters. The van der Waals surface area contributed by atoms with Crippen molar-refractivity contribution in [3.05, 3.63) is 24.3 Å². The minimum absolute atomic E-state index is 0.972. The third kappa shape index (κ3) is 1.73. The van der Waals surface area contributed by atoms with E-state index >= 15 is 0 Å². The lowest BCUT2D eigenvalue weighted by Gasteiger charge is -2.39. The van der Waals surface area contributed by atoms with Crippen molar-refractivity contribution in [2.75, 3.05) is 7.11 Å². The van der Waals surface area contributed by atoms with Crippen LogP contribution >= 0.6 is 5.89 Å². The molecular weight excluding hydrogens is 183 g/mol. The standard InChI is InChI=1S/C6H8OPS2/c1-7-8(9,10)6-4-2-3-5-6/h2-5H,1H3,(H,9,10)/q-1/p-1. The minimum atomic E-state index is -2.06. The van der Waals surface area contributed by atoms with E-state index in [9.17, 15) is 0 Å². The second kappa shape index (κ2) is 3.22. The summed E-state index contributed by atoms with van der Waals surface area (Å²) in [5.74, 6) is -2.06. The lowest BCUT2D eigenvalue weighted by atomic mass is 10.7. The molecule has 0 N–H and O–H groups in total. The first-order valence-electron chi connectivity index (χ1n) is 2.76. The zero-order chi connectivity index (χ0) is 7.61. The van der Waals surface area contributed by atoms with Gasteiger partial charge in [-0.1, -0.05) is 0 Å². The van der Waals surface area contributed by atoms with Gasteiger partial charge in [0.1, 0.15) is 0 Å². The summed E-state index contributed by atoms with van der Waals surface area (Å²) in [5, 5.41) is 0.972. The molecule has 0 heterocycles. The molecule has 0 saturated carbocycles. The van der Waals surface area contributed by atoms with Crippen molar-refractivity contribution in [1.82, 2.24) is 0 Å². The van der Waals surface area contributed by atoms with Gasteiger partial charge in [0.15, 0.2) is 0 Å². The first-order valence-corrected chi connectivity index (χ1v) is 6.49. The van der Waals surface area contributed by atoms with Gasteiger partial charge in [0.05, 0.1) is 7.11 Å². The van der Waals surface area contributed by atoms with Crippen LogP contribution < -0.4 is 5.30 Å². The van der Waals surface area contributed by atoms with Gasteiger partial charge in [0, 0.05) is 0 Å². The summed E-state index contributed by atoms with van der Waals surface area (Å²) < 4.78 is 5.02. The lowest BCUT2D eigenvalue weighted by molar-refractivity contribution is 0.475. The summed E-state index contributed by atoms with van der Waals surface area (Å²) in [5.41, 5.74) is 0. The Hall–Kier alpha value is 0.440. The second-order valence-corrected chi connectivity index (χ2v) is 7.48. The smallest absolute Gasteiger partial charge is 0.0740 e. The van der Waals surface area contributed by atoms with Crippen LogP contribution in [0.25, 0.3) is 0 Å². The Bertz CT molecular complexity index is 196. The Labute approximate surface area is 71.9 Å². The van der Waals surface area contributed by atoms with Crippen LogP contribution in [0, 0.1) is 0 Å². The van der Waals surface area contributed by atoms with Gasteiger partial charge in [-0.05, 0) is 5.30 Å². The molecule has 10 heavy (non-hydrogen) atoms. The van der Waals surface area contributed by atoms with E-state index in [-0.39, 0.29) is 0 Å². The van der Waals surface area contributed by atoms with Crippen LogP contribution in [-0.4, -0.2) is 7.11 Å². The zero-order valence-corrected chi connectivity index (χ0v) is 8.01. The van der Waals surface area contributed by atoms with Crippen molar-refractivity contribution < 1.29 is 4.52 Å². The highest BCUT2D eigenvalue weighted by atomic mass is 33.1. The number of rotatable bonds is 2. The topological polar surface area (TPSA) is 9.23 Å². The molecule has 1 nitrogen and oxygen atoms in total. The predicted octanol–water partition coefficient (Wildman–Crippen LogP) is 1.53. The van der Waals surface area contributed by atoms with E-state index in [1.807, 2.05) is 24.3 Å². The van der Waals surface area contributed by atoms with Crippen LogP contribution in [0.5, 0.6) is 0 Å². The Kier molecular flexibility index (Phi) is 2.75. The SMILES string of the molecule is CO[P+]([S-])([S-])[c-]1cccc1. The molecule has 0 bridgehead atoms. The van der Waals surface area contributed by atoms with Gasteiger partial charge >= 0.3 is 0 Å². The Morgan fingerprint density at radius 2 is 1.80 bits per heavy atom. The summed E-state index contributed by atoms with van der Waals surface area (Å²) in [6.07, 6.45) is 0. The Morgan fingerprint density at radius 3 is 2.20 bits per heavy atom. The van der Waals surface area contributed by atoms with Crippen molar-refractivity contribution in [2.24, 2.45) is 0 Å². The first kappa shape index (κ1) is 8.54. The molecule has 0 amide bonds. The second-order valence-electron chi connectivity index (χ2n) is 1.82. The molecule has 0 aliphatic carbocycles. The summed E-state index contributed by atoms with van der Waals surface area (Å²) >= 11 is 10.1. The van der Waals surface area contributed by atoms with Crippen molar-refractivity contribution in [3.63, 3.8) is 0 Å². The quantitative estimate of drug-likeness (QED) is 0.397. The van der Waals surface area contributed by atoms with Crippen molar-refractivity contribution >= 4 is 35.7 Å². The van der Waals surface area contributed by atoms with Gasteiger partial charge in [-0.3, -0.25) is 4.52 Å². The lowest BCUT2D eigenvalue weighted by Crippen LogP contribution is -2.04. The molecule has 0 saturated heterocycles. The van der Waals surface area contributed by atoms with Gasteiger partial charge < -0.3 is 24.5 Å². The fraction of sp³-hybridized carbons (Fsp3) is 0.167. The van der Waals surface area contributed by atoms with E-state index in [0.29, 0.717) is 0 Å². The molecule has 4 heteroatoms. The van der Waals surface area contributed by atoms with Gasteiger partial charge in [-0.2, -0.15) is 0 Å². The molecule has 1 aromatic carbocycles. The molecule has 0 radical (unpaired) electrons. The highest BCUT2D eigenvalue weighted by Gasteiger charge is 2.02. The van der Waals surface area contributed by atoms with Gasteiger partial charge in [0.2, 0.25) is 0 Å². The van der Waals surface area contributed by atoms with Crippen molar-refractivity contribution in [1.29, 1.82) is 0 Å².